The molecule has 8 nitrogen and oxygen atoms in total. The van der Waals surface area contributed by atoms with Crippen molar-refractivity contribution >= 4 is 27.5 Å². The number of imide groups is 1. The maximum absolute atomic E-state index is 14.4. The maximum Gasteiger partial charge on any atom is 0.252 e. The Morgan fingerprint density at radius 3 is 2.16 bits per heavy atom. The van der Waals surface area contributed by atoms with E-state index in [9.17, 15) is 18.0 Å². The normalized spacial score (nSPS) is 17.1. The summed E-state index contributed by atoms with van der Waals surface area (Å²) in [6.07, 6.45) is -0.251. The fraction of sp³-hybridized carbons (Fsp3) is 0.310. The van der Waals surface area contributed by atoms with E-state index in [-0.39, 0.29) is 24.7 Å². The molecule has 3 aromatic rings. The highest BCUT2D eigenvalue weighted by atomic mass is 32.2. The molecule has 2 aliphatic heterocycles. The first kappa shape index (κ1) is 25.9. The summed E-state index contributed by atoms with van der Waals surface area (Å²) in [6, 6.07) is 13.0. The molecule has 0 spiro atoms. The zero-order valence-electron chi connectivity index (χ0n) is 22.1. The number of hydrogen-bond acceptors (Lipinski definition) is 6. The summed E-state index contributed by atoms with van der Waals surface area (Å²) in [5.74, 6) is 0.0713. The van der Waals surface area contributed by atoms with E-state index >= 15 is 0 Å². The second-order valence-corrected chi connectivity index (χ2v) is 11.8. The van der Waals surface area contributed by atoms with Crippen LogP contribution >= 0.6 is 0 Å². The van der Waals surface area contributed by atoms with Crippen LogP contribution in [0.15, 0.2) is 53.4 Å². The molecule has 0 radical (unpaired) electrons. The van der Waals surface area contributed by atoms with Gasteiger partial charge in [0.15, 0.2) is 11.5 Å². The van der Waals surface area contributed by atoms with E-state index < -0.39 is 27.9 Å². The van der Waals surface area contributed by atoms with Gasteiger partial charge in [0.05, 0.1) is 17.0 Å². The van der Waals surface area contributed by atoms with Crippen LogP contribution in [0.5, 0.6) is 11.5 Å². The summed E-state index contributed by atoms with van der Waals surface area (Å²) >= 11 is 0. The van der Waals surface area contributed by atoms with Gasteiger partial charge in [0.25, 0.3) is 5.91 Å². The predicted molar refractivity (Wildman–Crippen MR) is 143 cm³/mol. The summed E-state index contributed by atoms with van der Waals surface area (Å²) in [4.78, 5) is 28.2. The van der Waals surface area contributed by atoms with Crippen LogP contribution in [0.4, 0.5) is 5.69 Å². The molecule has 2 amide bonds. The van der Waals surface area contributed by atoms with Crippen molar-refractivity contribution in [3.05, 3.63) is 81.9 Å². The lowest BCUT2D eigenvalue weighted by Crippen LogP contribution is -2.45. The number of carbonyl (C=O) groups excluding carboxylic acids is 2. The average Bonchev–Trinajstić information content (AvgIpc) is 3.45. The zero-order chi connectivity index (χ0) is 27.4. The molecule has 0 aromatic heterocycles. The number of benzene rings is 3. The van der Waals surface area contributed by atoms with Gasteiger partial charge >= 0.3 is 0 Å². The minimum absolute atomic E-state index is 0.0862. The largest absolute Gasteiger partial charge is 0.454 e. The van der Waals surface area contributed by atoms with E-state index in [0.717, 1.165) is 21.6 Å². The van der Waals surface area contributed by atoms with Gasteiger partial charge in [-0.3, -0.25) is 9.59 Å². The summed E-state index contributed by atoms with van der Waals surface area (Å²) in [5, 5.41) is 0. The smallest absolute Gasteiger partial charge is 0.252 e. The lowest BCUT2D eigenvalue weighted by atomic mass is 10.0. The van der Waals surface area contributed by atoms with Gasteiger partial charge in [0.1, 0.15) is 6.04 Å². The monoisotopic (exact) mass is 534 g/mol. The van der Waals surface area contributed by atoms with E-state index in [4.69, 9.17) is 9.47 Å². The first-order valence-corrected chi connectivity index (χ1v) is 13.8. The van der Waals surface area contributed by atoms with Gasteiger partial charge in [-0.15, -0.1) is 0 Å². The Morgan fingerprint density at radius 2 is 1.50 bits per heavy atom. The fourth-order valence-corrected chi connectivity index (χ4v) is 7.22. The molecule has 0 bridgehead atoms. The molecule has 38 heavy (non-hydrogen) atoms. The third-order valence-electron chi connectivity index (χ3n) is 7.40. The van der Waals surface area contributed by atoms with Crippen LogP contribution in [-0.2, 0) is 26.2 Å². The minimum Gasteiger partial charge on any atom is -0.454 e. The number of rotatable bonds is 6. The molecule has 5 rings (SSSR count). The molecule has 3 aromatic carbocycles. The molecule has 1 fully saturated rings. The van der Waals surface area contributed by atoms with Crippen molar-refractivity contribution in [2.75, 3.05) is 11.7 Å². The topological polar surface area (TPSA) is 93.2 Å². The highest BCUT2D eigenvalue weighted by molar-refractivity contribution is 7.89. The maximum atomic E-state index is 14.4. The molecule has 198 valence electrons. The number of anilines is 1. The molecule has 9 heteroatoms. The predicted octanol–water partition coefficient (Wildman–Crippen LogP) is 4.48. The van der Waals surface area contributed by atoms with Gasteiger partial charge < -0.3 is 9.47 Å². The molecular formula is C29H30N2O6S. The standard InChI is InChI=1S/C29H30N2O6S/c1-17-6-9-23(10-7-17)31-27(32)14-24(29(31)33)30(15-22-8-11-25-26(13-22)37-16-36-25)38(34,35)28-20(4)18(2)12-19(3)21(28)5/h6-13,24H,14-16H2,1-5H3. The van der Waals surface area contributed by atoms with Crippen LogP contribution in [0.3, 0.4) is 0 Å². The molecule has 2 heterocycles. The van der Waals surface area contributed by atoms with Crippen molar-refractivity contribution in [2.45, 2.75) is 58.5 Å². The first-order valence-electron chi connectivity index (χ1n) is 12.4. The highest BCUT2D eigenvalue weighted by Gasteiger charge is 2.47. The molecule has 1 atom stereocenters. The molecule has 1 saturated heterocycles. The summed E-state index contributed by atoms with van der Waals surface area (Å²) in [5.41, 5.74) is 4.94. The third kappa shape index (κ3) is 4.35. The van der Waals surface area contributed by atoms with Crippen LogP contribution in [-0.4, -0.2) is 37.4 Å². The molecule has 0 aliphatic carbocycles. The minimum atomic E-state index is -4.21. The van der Waals surface area contributed by atoms with Crippen LogP contribution in [0.25, 0.3) is 0 Å². The number of carbonyl (C=O) groups is 2. The van der Waals surface area contributed by atoms with Gasteiger partial charge in [-0.05, 0) is 86.7 Å². The lowest BCUT2D eigenvalue weighted by molar-refractivity contribution is -0.122. The Labute approximate surface area is 222 Å². The zero-order valence-corrected chi connectivity index (χ0v) is 22.9. The number of ether oxygens (including phenoxy) is 2. The fourth-order valence-electron chi connectivity index (χ4n) is 5.07. The Morgan fingerprint density at radius 1 is 0.868 bits per heavy atom. The molecule has 0 saturated carbocycles. The number of sulfonamides is 1. The molecule has 1 unspecified atom stereocenters. The van der Waals surface area contributed by atoms with Gasteiger partial charge in [-0.1, -0.05) is 29.8 Å². The number of amides is 2. The Bertz CT molecular complexity index is 1540. The molecular weight excluding hydrogens is 504 g/mol. The molecule has 0 N–H and O–H groups in total. The van der Waals surface area contributed by atoms with Crippen molar-refractivity contribution in [1.29, 1.82) is 0 Å². The Balaban J connectivity index is 1.62. The Kier molecular flexibility index (Phi) is 6.53. The number of hydrogen-bond donors (Lipinski definition) is 0. The summed E-state index contributed by atoms with van der Waals surface area (Å²) in [7, 11) is -4.21. The van der Waals surface area contributed by atoms with Gasteiger partial charge in [-0.25, -0.2) is 13.3 Å². The van der Waals surface area contributed by atoms with E-state index in [2.05, 4.69) is 0 Å². The van der Waals surface area contributed by atoms with Crippen molar-refractivity contribution < 1.29 is 27.5 Å². The number of fused-ring (bicyclic) bond motifs is 1. The summed E-state index contributed by atoms with van der Waals surface area (Å²) in [6.45, 7) is 9.16. The van der Waals surface area contributed by atoms with Crippen molar-refractivity contribution in [2.24, 2.45) is 0 Å². The highest BCUT2D eigenvalue weighted by Crippen LogP contribution is 2.37. The SMILES string of the molecule is Cc1ccc(N2C(=O)CC(N(Cc3ccc4c(c3)OCO4)S(=O)(=O)c3c(C)c(C)cc(C)c3C)C2=O)cc1. The van der Waals surface area contributed by atoms with Crippen LogP contribution in [0, 0.1) is 34.6 Å². The van der Waals surface area contributed by atoms with E-state index in [1.54, 1.807) is 44.2 Å². The second-order valence-electron chi connectivity index (χ2n) is 9.95. The van der Waals surface area contributed by atoms with Gasteiger partial charge in [0, 0.05) is 6.54 Å². The molecule has 2 aliphatic rings. The van der Waals surface area contributed by atoms with Crippen molar-refractivity contribution in [1.82, 2.24) is 4.31 Å². The second kappa shape index (κ2) is 9.56. The van der Waals surface area contributed by atoms with Crippen LogP contribution in [0.1, 0.15) is 39.8 Å². The Hall–Kier alpha value is -3.69. The van der Waals surface area contributed by atoms with Crippen molar-refractivity contribution in [3.8, 4) is 11.5 Å². The van der Waals surface area contributed by atoms with Crippen LogP contribution in [0.2, 0.25) is 0 Å². The summed E-state index contributed by atoms with van der Waals surface area (Å²) < 4.78 is 40.9. The van der Waals surface area contributed by atoms with Gasteiger partial charge in [0.2, 0.25) is 22.7 Å². The van der Waals surface area contributed by atoms with Gasteiger partial charge in [-0.2, -0.15) is 4.31 Å². The average molecular weight is 535 g/mol. The quantitative estimate of drug-likeness (QED) is 0.433. The number of aryl methyl sites for hydroxylation is 3. The number of nitrogens with zero attached hydrogens (tertiary/aromatic N) is 2. The lowest BCUT2D eigenvalue weighted by Gasteiger charge is -2.29. The van der Waals surface area contributed by atoms with Crippen LogP contribution < -0.4 is 14.4 Å². The van der Waals surface area contributed by atoms with E-state index in [0.29, 0.717) is 33.9 Å². The third-order valence-corrected chi connectivity index (χ3v) is 9.53. The van der Waals surface area contributed by atoms with E-state index in [1.165, 1.54) is 4.31 Å². The van der Waals surface area contributed by atoms with Crippen molar-refractivity contribution in [3.63, 3.8) is 0 Å². The van der Waals surface area contributed by atoms with E-state index in [1.807, 2.05) is 39.0 Å². The first-order chi connectivity index (χ1) is 18.0.